The van der Waals surface area contributed by atoms with Crippen LogP contribution in [0, 0.1) is 0 Å². The minimum atomic E-state index is -2.87. The molecule has 102 valence electrons. The highest BCUT2D eigenvalue weighted by atomic mass is 19.3. The molecule has 19 heavy (non-hydrogen) atoms. The summed E-state index contributed by atoms with van der Waals surface area (Å²) >= 11 is 0. The summed E-state index contributed by atoms with van der Waals surface area (Å²) < 4.78 is 30.4. The third-order valence-electron chi connectivity index (χ3n) is 2.51. The van der Waals surface area contributed by atoms with Gasteiger partial charge in [0.15, 0.2) is 0 Å². The van der Waals surface area contributed by atoms with Gasteiger partial charge in [-0.15, -0.1) is 5.10 Å². The quantitative estimate of drug-likeness (QED) is 0.901. The van der Waals surface area contributed by atoms with Gasteiger partial charge >= 0.3 is 6.61 Å². The summed E-state index contributed by atoms with van der Waals surface area (Å²) in [5.41, 5.74) is 0.983. The van der Waals surface area contributed by atoms with Crippen LogP contribution in [0.2, 0.25) is 0 Å². The number of alkyl halides is 2. The van der Waals surface area contributed by atoms with E-state index in [4.69, 9.17) is 0 Å². The van der Waals surface area contributed by atoms with Gasteiger partial charge in [-0.3, -0.25) is 0 Å². The molecule has 0 radical (unpaired) electrons. The van der Waals surface area contributed by atoms with Gasteiger partial charge in [0.1, 0.15) is 11.4 Å². The zero-order valence-corrected chi connectivity index (χ0v) is 10.2. The Morgan fingerprint density at radius 1 is 1.37 bits per heavy atom. The molecule has 0 aliphatic rings. The van der Waals surface area contributed by atoms with Crippen molar-refractivity contribution in [2.75, 3.05) is 0 Å². The van der Waals surface area contributed by atoms with Gasteiger partial charge in [-0.1, -0.05) is 23.4 Å². The zero-order chi connectivity index (χ0) is 13.8. The fourth-order valence-corrected chi connectivity index (χ4v) is 1.60. The second-order valence-corrected chi connectivity index (χ2v) is 4.00. The minimum absolute atomic E-state index is 0.103. The summed E-state index contributed by atoms with van der Waals surface area (Å²) in [7, 11) is 0. The van der Waals surface area contributed by atoms with Gasteiger partial charge in [0, 0.05) is 5.56 Å². The molecule has 0 saturated carbocycles. The molecule has 0 aliphatic heterocycles. The third kappa shape index (κ3) is 3.47. The van der Waals surface area contributed by atoms with Gasteiger partial charge < -0.3 is 9.84 Å². The van der Waals surface area contributed by atoms with Crippen LogP contribution >= 0.6 is 0 Å². The Morgan fingerprint density at radius 2 is 2.11 bits per heavy atom. The van der Waals surface area contributed by atoms with E-state index in [1.54, 1.807) is 31.3 Å². The zero-order valence-electron chi connectivity index (χ0n) is 10.2. The van der Waals surface area contributed by atoms with E-state index in [1.165, 1.54) is 10.7 Å². The molecule has 0 amide bonds. The van der Waals surface area contributed by atoms with Crippen LogP contribution in [0.1, 0.15) is 24.3 Å². The molecule has 0 fully saturated rings. The summed E-state index contributed by atoms with van der Waals surface area (Å²) in [5.74, 6) is 0.103. The maximum absolute atomic E-state index is 12.3. The molecule has 2 rings (SSSR count). The van der Waals surface area contributed by atoms with Gasteiger partial charge in [-0.25, -0.2) is 4.68 Å². The Morgan fingerprint density at radius 3 is 2.74 bits per heavy atom. The van der Waals surface area contributed by atoms with Crippen molar-refractivity contribution in [2.24, 2.45) is 0 Å². The van der Waals surface area contributed by atoms with E-state index in [-0.39, 0.29) is 12.3 Å². The van der Waals surface area contributed by atoms with Crippen LogP contribution in [0.4, 0.5) is 8.78 Å². The Balaban J connectivity index is 2.17. The number of aromatic nitrogens is 3. The minimum Gasteiger partial charge on any atom is -0.434 e. The van der Waals surface area contributed by atoms with Crippen molar-refractivity contribution < 1.29 is 18.6 Å². The Kier molecular flexibility index (Phi) is 4.06. The predicted molar refractivity (Wildman–Crippen MR) is 62.8 cm³/mol. The molecule has 1 N–H and O–H groups in total. The summed E-state index contributed by atoms with van der Waals surface area (Å²) in [6, 6.07) is 6.47. The first-order chi connectivity index (χ1) is 9.06. The van der Waals surface area contributed by atoms with E-state index < -0.39 is 12.7 Å². The van der Waals surface area contributed by atoms with Crippen molar-refractivity contribution in [3.05, 3.63) is 41.7 Å². The number of benzene rings is 1. The number of para-hydroxylation sites is 1. The summed E-state index contributed by atoms with van der Waals surface area (Å²) in [5, 5.41) is 16.9. The molecule has 0 saturated heterocycles. The first-order valence-electron chi connectivity index (χ1n) is 5.67. The van der Waals surface area contributed by atoms with E-state index in [9.17, 15) is 13.9 Å². The third-order valence-corrected chi connectivity index (χ3v) is 2.51. The number of rotatable bonds is 5. The molecule has 5 nitrogen and oxygen atoms in total. The van der Waals surface area contributed by atoms with Crippen molar-refractivity contribution in [3.8, 4) is 5.75 Å². The van der Waals surface area contributed by atoms with Crippen LogP contribution in [0.3, 0.4) is 0 Å². The maximum Gasteiger partial charge on any atom is 0.387 e. The molecule has 2 aromatic rings. The lowest BCUT2D eigenvalue weighted by atomic mass is 10.2. The fraction of sp³-hybridized carbons (Fsp3) is 0.333. The number of halogens is 2. The van der Waals surface area contributed by atoms with Gasteiger partial charge in [-0.05, 0) is 13.0 Å². The number of hydrogen-bond donors (Lipinski definition) is 1. The number of aliphatic hydroxyl groups is 1. The highest BCUT2D eigenvalue weighted by Gasteiger charge is 2.11. The lowest BCUT2D eigenvalue weighted by Gasteiger charge is -2.09. The monoisotopic (exact) mass is 269 g/mol. The van der Waals surface area contributed by atoms with Crippen LogP contribution in [0.5, 0.6) is 5.75 Å². The van der Waals surface area contributed by atoms with E-state index in [1.807, 2.05) is 0 Å². The molecule has 1 aromatic carbocycles. The van der Waals surface area contributed by atoms with E-state index in [0.717, 1.165) is 0 Å². The highest BCUT2D eigenvalue weighted by molar-refractivity contribution is 5.33. The summed E-state index contributed by atoms with van der Waals surface area (Å²) in [6.45, 7) is -1.06. The number of hydrogen-bond acceptors (Lipinski definition) is 4. The molecule has 1 atom stereocenters. The molecule has 1 unspecified atom stereocenters. The van der Waals surface area contributed by atoms with Crippen molar-refractivity contribution >= 4 is 0 Å². The smallest absolute Gasteiger partial charge is 0.387 e. The Bertz CT molecular complexity index is 543. The van der Waals surface area contributed by atoms with Crippen molar-refractivity contribution in [2.45, 2.75) is 26.2 Å². The van der Waals surface area contributed by atoms with E-state index in [2.05, 4.69) is 15.0 Å². The van der Waals surface area contributed by atoms with Crippen LogP contribution in [-0.4, -0.2) is 26.7 Å². The molecule has 7 heteroatoms. The number of aliphatic hydroxyl groups excluding tert-OH is 1. The molecule has 0 aliphatic carbocycles. The molecule has 1 heterocycles. The lowest BCUT2D eigenvalue weighted by molar-refractivity contribution is -0.0505. The standard InChI is InChI=1S/C12H13F2N3O2/c1-8(18)10-7-17(16-15-10)6-9-4-2-3-5-11(9)19-12(13)14/h2-5,7-8,12,18H,6H2,1H3. The normalized spacial score (nSPS) is 12.7. The fourth-order valence-electron chi connectivity index (χ4n) is 1.60. The van der Waals surface area contributed by atoms with Gasteiger partial charge in [-0.2, -0.15) is 8.78 Å². The first-order valence-corrected chi connectivity index (χ1v) is 5.67. The largest absolute Gasteiger partial charge is 0.434 e. The molecular formula is C12H13F2N3O2. The van der Waals surface area contributed by atoms with Gasteiger partial charge in [0.2, 0.25) is 0 Å². The van der Waals surface area contributed by atoms with Crippen molar-refractivity contribution in [1.82, 2.24) is 15.0 Å². The summed E-state index contributed by atoms with van der Waals surface area (Å²) in [6.07, 6.45) is 0.838. The molecule has 0 spiro atoms. The van der Waals surface area contributed by atoms with Crippen LogP contribution in [-0.2, 0) is 6.54 Å². The topological polar surface area (TPSA) is 60.2 Å². The second-order valence-electron chi connectivity index (χ2n) is 4.00. The van der Waals surface area contributed by atoms with E-state index in [0.29, 0.717) is 11.3 Å². The van der Waals surface area contributed by atoms with Crippen LogP contribution in [0.25, 0.3) is 0 Å². The average Bonchev–Trinajstić information content (AvgIpc) is 2.80. The van der Waals surface area contributed by atoms with Gasteiger partial charge in [0.05, 0.1) is 18.8 Å². The maximum atomic E-state index is 12.3. The van der Waals surface area contributed by atoms with Crippen molar-refractivity contribution in [3.63, 3.8) is 0 Å². The van der Waals surface area contributed by atoms with E-state index >= 15 is 0 Å². The van der Waals surface area contributed by atoms with Crippen LogP contribution < -0.4 is 4.74 Å². The van der Waals surface area contributed by atoms with Crippen molar-refractivity contribution in [1.29, 1.82) is 0 Å². The average molecular weight is 269 g/mol. The predicted octanol–water partition coefficient (Wildman–Crippen LogP) is 1.98. The summed E-state index contributed by atoms with van der Waals surface area (Å²) in [4.78, 5) is 0. The SMILES string of the molecule is CC(O)c1cn(Cc2ccccc2OC(F)F)nn1. The second kappa shape index (κ2) is 5.75. The number of ether oxygens (including phenoxy) is 1. The molecular weight excluding hydrogens is 256 g/mol. The Hall–Kier alpha value is -2.02. The first kappa shape index (κ1) is 13.4. The van der Waals surface area contributed by atoms with Gasteiger partial charge in [0.25, 0.3) is 0 Å². The van der Waals surface area contributed by atoms with Crippen LogP contribution in [0.15, 0.2) is 30.5 Å². The Labute approximate surface area is 108 Å². The molecule has 1 aromatic heterocycles. The molecule has 0 bridgehead atoms. The lowest BCUT2D eigenvalue weighted by Crippen LogP contribution is -2.07. The highest BCUT2D eigenvalue weighted by Crippen LogP contribution is 2.21. The number of nitrogens with zero attached hydrogens (tertiary/aromatic N) is 3.